The van der Waals surface area contributed by atoms with Crippen molar-refractivity contribution >= 4 is 33.3 Å². The van der Waals surface area contributed by atoms with Crippen LogP contribution in [0.3, 0.4) is 0 Å². The van der Waals surface area contributed by atoms with Gasteiger partial charge in [0.1, 0.15) is 15.2 Å². The van der Waals surface area contributed by atoms with E-state index in [4.69, 9.17) is 5.73 Å². The smallest absolute Gasteiger partial charge is 0.266 e. The minimum atomic E-state index is 0.00620. The van der Waals surface area contributed by atoms with Gasteiger partial charge >= 0.3 is 0 Å². The summed E-state index contributed by atoms with van der Waals surface area (Å²) in [5.41, 5.74) is 7.20. The Labute approximate surface area is 127 Å². The van der Waals surface area contributed by atoms with Gasteiger partial charge in [0.2, 0.25) is 0 Å². The molecule has 0 atom stereocenters. The van der Waals surface area contributed by atoms with Crippen molar-refractivity contribution in [2.75, 3.05) is 25.4 Å². The van der Waals surface area contributed by atoms with Crippen LogP contribution in [-0.2, 0) is 0 Å². The lowest BCUT2D eigenvalue weighted by Crippen LogP contribution is -2.46. The zero-order valence-electron chi connectivity index (χ0n) is 12.0. The van der Waals surface area contributed by atoms with Crippen molar-refractivity contribution in [3.63, 3.8) is 0 Å². The first kappa shape index (κ1) is 14.2. The standard InChI is InChI=1S/C14H19N5OS/c1-2-19(9-3-5-16-6-4-9)14(20)12-10(15)11-13(21-12)18-8-7-17-11/h7-9,16H,2-6,15H2,1H3. The number of fused-ring (bicyclic) bond motifs is 1. The summed E-state index contributed by atoms with van der Waals surface area (Å²) in [6.07, 6.45) is 5.20. The fourth-order valence-corrected chi connectivity index (χ4v) is 3.80. The van der Waals surface area contributed by atoms with Gasteiger partial charge in [0.05, 0.1) is 5.69 Å². The number of nitrogens with two attached hydrogens (primary N) is 1. The van der Waals surface area contributed by atoms with Crippen LogP contribution in [0.1, 0.15) is 29.4 Å². The zero-order valence-corrected chi connectivity index (χ0v) is 12.8. The van der Waals surface area contributed by atoms with E-state index in [1.165, 1.54) is 11.3 Å². The Balaban J connectivity index is 1.92. The second-order valence-electron chi connectivity index (χ2n) is 5.13. The zero-order chi connectivity index (χ0) is 14.8. The Kier molecular flexibility index (Phi) is 4.03. The molecule has 0 bridgehead atoms. The van der Waals surface area contributed by atoms with Crippen LogP contribution in [0, 0.1) is 0 Å². The summed E-state index contributed by atoms with van der Waals surface area (Å²) < 4.78 is 0. The highest BCUT2D eigenvalue weighted by Gasteiger charge is 2.28. The molecule has 2 aromatic heterocycles. The third kappa shape index (κ3) is 2.58. The first-order valence-electron chi connectivity index (χ1n) is 7.23. The number of amides is 1. The number of nitrogen functional groups attached to an aromatic ring is 1. The van der Waals surface area contributed by atoms with E-state index in [0.29, 0.717) is 22.6 Å². The molecule has 6 nitrogen and oxygen atoms in total. The summed E-state index contributed by atoms with van der Waals surface area (Å²) in [5, 5.41) is 3.33. The molecule has 3 rings (SSSR count). The number of rotatable bonds is 3. The Morgan fingerprint density at radius 1 is 1.43 bits per heavy atom. The average Bonchev–Trinajstić information content (AvgIpc) is 2.87. The van der Waals surface area contributed by atoms with E-state index in [2.05, 4.69) is 15.3 Å². The molecule has 0 aliphatic carbocycles. The van der Waals surface area contributed by atoms with E-state index >= 15 is 0 Å². The van der Waals surface area contributed by atoms with Crippen LogP contribution in [0.5, 0.6) is 0 Å². The van der Waals surface area contributed by atoms with Gasteiger partial charge in [-0.05, 0) is 32.9 Å². The van der Waals surface area contributed by atoms with E-state index in [1.807, 2.05) is 11.8 Å². The maximum atomic E-state index is 12.8. The van der Waals surface area contributed by atoms with E-state index in [1.54, 1.807) is 12.4 Å². The molecule has 7 heteroatoms. The van der Waals surface area contributed by atoms with Gasteiger partial charge in [-0.15, -0.1) is 11.3 Å². The molecule has 3 N–H and O–H groups in total. The number of hydrogen-bond acceptors (Lipinski definition) is 6. The Morgan fingerprint density at radius 2 is 2.14 bits per heavy atom. The van der Waals surface area contributed by atoms with E-state index in [-0.39, 0.29) is 11.9 Å². The number of carbonyl (C=O) groups excluding carboxylic acids is 1. The highest BCUT2D eigenvalue weighted by molar-refractivity contribution is 7.21. The Morgan fingerprint density at radius 3 is 2.81 bits per heavy atom. The van der Waals surface area contributed by atoms with Crippen molar-refractivity contribution < 1.29 is 4.79 Å². The molecular weight excluding hydrogens is 286 g/mol. The molecule has 0 radical (unpaired) electrons. The predicted octanol–water partition coefficient (Wildman–Crippen LogP) is 1.49. The van der Waals surface area contributed by atoms with Gasteiger partial charge in [-0.25, -0.2) is 9.97 Å². The fraction of sp³-hybridized carbons (Fsp3) is 0.500. The van der Waals surface area contributed by atoms with Crippen LogP contribution >= 0.6 is 11.3 Å². The van der Waals surface area contributed by atoms with Crippen molar-refractivity contribution in [3.05, 3.63) is 17.3 Å². The molecule has 2 aromatic rings. The monoisotopic (exact) mass is 305 g/mol. The second-order valence-corrected chi connectivity index (χ2v) is 6.13. The largest absolute Gasteiger partial charge is 0.396 e. The van der Waals surface area contributed by atoms with Gasteiger partial charge in [-0.3, -0.25) is 4.79 Å². The number of nitrogens with zero attached hydrogens (tertiary/aromatic N) is 3. The van der Waals surface area contributed by atoms with E-state index < -0.39 is 0 Å². The van der Waals surface area contributed by atoms with Gasteiger partial charge < -0.3 is 16.0 Å². The summed E-state index contributed by atoms with van der Waals surface area (Å²) in [6.45, 7) is 4.62. The second kappa shape index (κ2) is 5.95. The molecule has 1 aliphatic rings. The van der Waals surface area contributed by atoms with Crippen molar-refractivity contribution in [2.24, 2.45) is 0 Å². The third-order valence-corrected chi connectivity index (χ3v) is 5.00. The SMILES string of the molecule is CCN(C(=O)c1sc2nccnc2c1N)C1CCNCC1. The molecular formula is C14H19N5OS. The van der Waals surface area contributed by atoms with Crippen LogP contribution in [0.2, 0.25) is 0 Å². The van der Waals surface area contributed by atoms with Gasteiger partial charge in [0.25, 0.3) is 5.91 Å². The van der Waals surface area contributed by atoms with Gasteiger partial charge in [0, 0.05) is 25.0 Å². The number of hydrogen-bond donors (Lipinski definition) is 2. The molecule has 112 valence electrons. The normalized spacial score (nSPS) is 16.2. The molecule has 3 heterocycles. The number of piperidine rings is 1. The summed E-state index contributed by atoms with van der Waals surface area (Å²) in [4.78, 5) is 24.5. The van der Waals surface area contributed by atoms with Gasteiger partial charge in [0.15, 0.2) is 0 Å². The van der Waals surface area contributed by atoms with Crippen LogP contribution in [0.15, 0.2) is 12.4 Å². The minimum Gasteiger partial charge on any atom is -0.396 e. The highest BCUT2D eigenvalue weighted by atomic mass is 32.1. The van der Waals surface area contributed by atoms with Crippen molar-refractivity contribution in [1.82, 2.24) is 20.2 Å². The van der Waals surface area contributed by atoms with E-state index in [0.717, 1.165) is 30.8 Å². The summed E-state index contributed by atoms with van der Waals surface area (Å²) in [7, 11) is 0. The molecule has 1 aliphatic heterocycles. The molecule has 1 amide bonds. The molecule has 21 heavy (non-hydrogen) atoms. The number of thiophene rings is 1. The number of aromatic nitrogens is 2. The van der Waals surface area contributed by atoms with Crippen molar-refractivity contribution in [3.8, 4) is 0 Å². The first-order valence-corrected chi connectivity index (χ1v) is 8.04. The number of anilines is 1. The third-order valence-electron chi connectivity index (χ3n) is 3.91. The van der Waals surface area contributed by atoms with Crippen LogP contribution in [-0.4, -0.2) is 46.5 Å². The molecule has 0 saturated carbocycles. The van der Waals surface area contributed by atoms with E-state index in [9.17, 15) is 4.79 Å². The number of nitrogens with one attached hydrogen (secondary N) is 1. The van der Waals surface area contributed by atoms with Gasteiger partial charge in [-0.2, -0.15) is 0 Å². The molecule has 1 fully saturated rings. The fourth-order valence-electron chi connectivity index (χ4n) is 2.82. The lowest BCUT2D eigenvalue weighted by atomic mass is 10.0. The summed E-state index contributed by atoms with van der Waals surface area (Å²) >= 11 is 1.33. The molecule has 0 aromatic carbocycles. The molecule has 1 saturated heterocycles. The van der Waals surface area contributed by atoms with Crippen molar-refractivity contribution in [2.45, 2.75) is 25.8 Å². The highest BCUT2D eigenvalue weighted by Crippen LogP contribution is 2.32. The van der Waals surface area contributed by atoms with Crippen molar-refractivity contribution in [1.29, 1.82) is 0 Å². The molecule has 0 unspecified atom stereocenters. The average molecular weight is 305 g/mol. The van der Waals surface area contributed by atoms with Gasteiger partial charge in [-0.1, -0.05) is 0 Å². The Hall–Kier alpha value is -1.73. The van der Waals surface area contributed by atoms with Crippen LogP contribution in [0.25, 0.3) is 10.3 Å². The summed E-state index contributed by atoms with van der Waals surface area (Å²) in [6, 6.07) is 0.286. The minimum absolute atomic E-state index is 0.00620. The number of carbonyl (C=O) groups is 1. The Bertz CT molecular complexity index is 650. The maximum absolute atomic E-state index is 12.8. The first-order chi connectivity index (χ1) is 10.2. The summed E-state index contributed by atoms with van der Waals surface area (Å²) in [5.74, 6) is 0.00620. The molecule has 0 spiro atoms. The van der Waals surface area contributed by atoms with Crippen LogP contribution < -0.4 is 11.1 Å². The topological polar surface area (TPSA) is 84.1 Å². The lowest BCUT2D eigenvalue weighted by molar-refractivity contribution is 0.0662. The lowest BCUT2D eigenvalue weighted by Gasteiger charge is -2.33. The maximum Gasteiger partial charge on any atom is 0.266 e. The quantitative estimate of drug-likeness (QED) is 0.897. The van der Waals surface area contributed by atoms with Crippen LogP contribution in [0.4, 0.5) is 5.69 Å². The predicted molar refractivity (Wildman–Crippen MR) is 84.4 cm³/mol.